The van der Waals surface area contributed by atoms with E-state index in [0.717, 1.165) is 44.8 Å². The van der Waals surface area contributed by atoms with E-state index in [1.807, 2.05) is 285 Å². The third kappa shape index (κ3) is 28.3. The van der Waals surface area contributed by atoms with Crippen molar-refractivity contribution in [1.82, 2.24) is 19.9 Å². The Morgan fingerprint density at radius 1 is 0.219 bits per heavy atom. The molecule has 0 fully saturated rings. The number of rotatable bonds is 0. The molecule has 2 aliphatic heterocycles. The molecule has 5 heteroatoms. The van der Waals surface area contributed by atoms with Crippen molar-refractivity contribution in [3.8, 4) is 0 Å². The number of H-pyrrole nitrogens is 2. The first-order chi connectivity index (χ1) is 35.8. The summed E-state index contributed by atoms with van der Waals surface area (Å²) < 4.78 is 0. The summed E-state index contributed by atoms with van der Waals surface area (Å²) in [6.07, 6.45) is 8.05. The minimum absolute atomic E-state index is 0. The maximum atomic E-state index is 4.62. The van der Waals surface area contributed by atoms with Crippen molar-refractivity contribution >= 4 is 46.4 Å². The second kappa shape index (κ2) is 38.8. The molecule has 2 aliphatic rings. The number of aromatic amines is 2. The summed E-state index contributed by atoms with van der Waals surface area (Å²) in [4.78, 5) is 16.0. The number of hydrogen-bond acceptors (Lipinski definition) is 2. The van der Waals surface area contributed by atoms with E-state index in [2.05, 4.69) is 98.8 Å². The molecular weight excluding hydrogens is 979 g/mol. The molecule has 0 saturated heterocycles. The van der Waals surface area contributed by atoms with E-state index in [9.17, 15) is 0 Å². The van der Waals surface area contributed by atoms with Crippen molar-refractivity contribution in [3.05, 3.63) is 362 Å². The zero-order valence-corrected chi connectivity index (χ0v) is 41.8. The zero-order valence-electron chi connectivity index (χ0n) is 40.2. The number of hydrogen-bond donors (Lipinski definition) is 2. The fraction of sp³-hybridized carbons (Fsp3) is 0. The Bertz CT molecular complexity index is 2470. The van der Waals surface area contributed by atoms with Gasteiger partial charge < -0.3 is 9.97 Å². The molecule has 2 N–H and O–H groups in total. The van der Waals surface area contributed by atoms with Crippen molar-refractivity contribution < 1.29 is 20.4 Å². The number of nitrogens with one attached hydrogen (secondary N) is 2. The van der Waals surface area contributed by atoms with Crippen molar-refractivity contribution in [1.29, 1.82) is 0 Å². The van der Waals surface area contributed by atoms with Crippen molar-refractivity contribution in [2.45, 2.75) is 0 Å². The Morgan fingerprint density at radius 2 is 0.397 bits per heavy atom. The summed E-state index contributed by atoms with van der Waals surface area (Å²) in [6, 6.07) is 116. The number of fused-ring (bicyclic) bond motifs is 8. The summed E-state index contributed by atoms with van der Waals surface area (Å²) in [5, 5.41) is 0. The number of nitrogens with zero attached hydrogens (tertiary/aromatic N) is 2. The van der Waals surface area contributed by atoms with E-state index < -0.39 is 0 Å². The molecule has 73 heavy (non-hydrogen) atoms. The van der Waals surface area contributed by atoms with Gasteiger partial charge in [0.1, 0.15) is 0 Å². The molecule has 0 spiro atoms. The van der Waals surface area contributed by atoms with E-state index >= 15 is 0 Å². The average molecular weight is 1030 g/mol. The van der Waals surface area contributed by atoms with Crippen LogP contribution in [-0.2, 0) is 20.4 Å². The summed E-state index contributed by atoms with van der Waals surface area (Å²) in [7, 11) is 0. The Kier molecular flexibility index (Phi) is 30.1. The Balaban J connectivity index is 0.000000196. The van der Waals surface area contributed by atoms with Gasteiger partial charge in [0.15, 0.2) is 0 Å². The van der Waals surface area contributed by atoms with E-state index in [4.69, 9.17) is 0 Å². The topological polar surface area (TPSA) is 57.4 Å². The normalized spacial score (nSPS) is 9.42. The molecule has 8 bridgehead atoms. The Morgan fingerprint density at radius 3 is 0.562 bits per heavy atom. The van der Waals surface area contributed by atoms with Crippen LogP contribution >= 0.6 is 0 Å². The first-order valence-corrected chi connectivity index (χ1v) is 23.1. The predicted molar refractivity (Wildman–Crippen MR) is 301 cm³/mol. The van der Waals surface area contributed by atoms with Crippen LogP contribution < -0.4 is 0 Å². The monoisotopic (exact) mass is 1030 g/mol. The fourth-order valence-corrected chi connectivity index (χ4v) is 5.68. The largest absolute Gasteiger partial charge is 0.355 e. The Hall–Kier alpha value is -8.98. The van der Waals surface area contributed by atoms with Gasteiger partial charge in [-0.05, 0) is 72.8 Å². The van der Waals surface area contributed by atoms with Crippen LogP contribution in [0.1, 0.15) is 22.8 Å². The van der Waals surface area contributed by atoms with Crippen LogP contribution in [0.4, 0.5) is 0 Å². The molecule has 364 valence electrons. The van der Waals surface area contributed by atoms with Gasteiger partial charge in [-0.25, -0.2) is 9.97 Å². The molecule has 0 saturated carbocycles. The maximum Gasteiger partial charge on any atom is 0.0659 e. The molecule has 0 amide bonds. The summed E-state index contributed by atoms with van der Waals surface area (Å²) in [5.74, 6) is 0. The third-order valence-corrected chi connectivity index (χ3v) is 8.90. The summed E-state index contributed by atoms with van der Waals surface area (Å²) in [6.45, 7) is 0. The molecule has 0 unspecified atom stereocenters. The fourth-order valence-electron chi connectivity index (χ4n) is 5.68. The van der Waals surface area contributed by atoms with Crippen LogP contribution in [0, 0.1) is 48.5 Å². The molecule has 0 aliphatic carbocycles. The average Bonchev–Trinajstić information content (AvgIpc) is 4.34. The second-order valence-corrected chi connectivity index (χ2v) is 14.5. The van der Waals surface area contributed by atoms with Crippen LogP contribution in [0.5, 0.6) is 0 Å². The van der Waals surface area contributed by atoms with Crippen molar-refractivity contribution in [3.63, 3.8) is 0 Å². The van der Waals surface area contributed by atoms with Gasteiger partial charge in [-0.15, -0.1) is 0 Å². The summed E-state index contributed by atoms with van der Waals surface area (Å²) in [5.41, 5.74) is 7.86. The number of benzene rings is 8. The third-order valence-electron chi connectivity index (χ3n) is 8.90. The molecular formula is C68H54N4Pd-8. The van der Waals surface area contributed by atoms with Gasteiger partial charge in [0.25, 0.3) is 0 Å². The van der Waals surface area contributed by atoms with Crippen LogP contribution in [0.25, 0.3) is 46.4 Å². The van der Waals surface area contributed by atoms with Gasteiger partial charge in [0, 0.05) is 42.5 Å². The van der Waals surface area contributed by atoms with Crippen LogP contribution in [0.2, 0.25) is 0 Å². The maximum absolute atomic E-state index is 4.62. The SMILES string of the molecule is C1=Cc2cc3ccc(cc4ccc(cc5nc(cc1n2)C=C5)[nH]4)[nH]3.[Pd].[c-]1ccccc1.[c-]1ccccc1.[c-]1ccccc1.[c-]1ccccc1.[c-]1ccccc1.[c-]1ccccc1.[c-]1ccccc1.[c-]1ccccc1. The molecule has 8 aromatic carbocycles. The van der Waals surface area contributed by atoms with Gasteiger partial charge in [-0.3, -0.25) is 0 Å². The van der Waals surface area contributed by atoms with Gasteiger partial charge >= 0.3 is 0 Å². The van der Waals surface area contributed by atoms with Crippen LogP contribution in [0.3, 0.4) is 0 Å². The van der Waals surface area contributed by atoms with E-state index in [-0.39, 0.29) is 20.4 Å². The van der Waals surface area contributed by atoms with Crippen molar-refractivity contribution in [2.75, 3.05) is 0 Å². The second-order valence-electron chi connectivity index (χ2n) is 14.5. The van der Waals surface area contributed by atoms with E-state index in [0.29, 0.717) is 0 Å². The van der Waals surface area contributed by atoms with Crippen LogP contribution in [0.15, 0.2) is 291 Å². The van der Waals surface area contributed by atoms with Gasteiger partial charge in [0.2, 0.25) is 0 Å². The van der Waals surface area contributed by atoms with Crippen molar-refractivity contribution in [2.24, 2.45) is 0 Å². The molecule has 5 heterocycles. The smallest absolute Gasteiger partial charge is 0.0659 e. The first kappa shape index (κ1) is 56.6. The molecule has 0 atom stereocenters. The summed E-state index contributed by atoms with van der Waals surface area (Å²) >= 11 is 0. The van der Waals surface area contributed by atoms with Gasteiger partial charge in [-0.2, -0.15) is 291 Å². The minimum Gasteiger partial charge on any atom is -0.355 e. The number of aromatic nitrogens is 4. The first-order valence-electron chi connectivity index (χ1n) is 23.1. The molecule has 13 rings (SSSR count). The quantitative estimate of drug-likeness (QED) is 0.117. The van der Waals surface area contributed by atoms with Crippen LogP contribution in [-0.4, -0.2) is 19.9 Å². The standard InChI is InChI=1S/C20H14N4.8C6H5.Pd/c1-2-14-10-16-5-6-18(23-16)12-20-8-7-19(24-20)11-17-4-3-15(22-17)9-13(1)21-14;8*1-2-4-6-5-3-1;/h1-12,21-22H;8*1-5H;/q;8*-1;. The van der Waals surface area contributed by atoms with E-state index in [1.54, 1.807) is 0 Å². The minimum atomic E-state index is 0. The predicted octanol–water partition coefficient (Wildman–Crippen LogP) is 16.5. The molecule has 0 radical (unpaired) electrons. The van der Waals surface area contributed by atoms with Gasteiger partial charge in [0.05, 0.1) is 22.8 Å². The van der Waals surface area contributed by atoms with E-state index in [1.165, 1.54) is 0 Å². The molecule has 11 aromatic rings. The van der Waals surface area contributed by atoms with Gasteiger partial charge in [-0.1, -0.05) is 0 Å². The Labute approximate surface area is 446 Å². The molecule has 4 nitrogen and oxygen atoms in total. The zero-order chi connectivity index (χ0) is 49.9. The molecule has 3 aromatic heterocycles.